The van der Waals surface area contributed by atoms with Gasteiger partial charge in [-0.25, -0.2) is 4.39 Å². The molecule has 2 heterocycles. The molecule has 0 radical (unpaired) electrons. The molecule has 1 aromatic carbocycles. The molecule has 9 nitrogen and oxygen atoms in total. The highest BCUT2D eigenvalue weighted by Crippen LogP contribution is 2.19. The molecule has 33 heavy (non-hydrogen) atoms. The van der Waals surface area contributed by atoms with Crippen molar-refractivity contribution >= 4 is 17.8 Å². The highest BCUT2D eigenvalue weighted by atomic mass is 19.1. The van der Waals surface area contributed by atoms with Gasteiger partial charge in [-0.15, -0.1) is 0 Å². The molecular weight excluding hydrogens is 431 g/mol. The quantitative estimate of drug-likeness (QED) is 0.529. The molecule has 1 saturated heterocycles. The number of carbonyl (C=O) groups is 3. The van der Waals surface area contributed by atoms with Crippen molar-refractivity contribution in [2.75, 3.05) is 33.3 Å². The Bertz CT molecular complexity index is 962. The maximum absolute atomic E-state index is 13.0. The van der Waals surface area contributed by atoms with E-state index in [-0.39, 0.29) is 42.5 Å². The lowest BCUT2D eigenvalue weighted by Crippen LogP contribution is -2.47. The number of rotatable bonds is 9. The molecule has 2 aromatic rings. The highest BCUT2D eigenvalue weighted by Gasteiger charge is 2.30. The second-order valence-electron chi connectivity index (χ2n) is 8.05. The molecule has 178 valence electrons. The third-order valence-electron chi connectivity index (χ3n) is 5.54. The molecule has 1 atom stereocenters. The lowest BCUT2D eigenvalue weighted by Gasteiger charge is -2.32. The fourth-order valence-electron chi connectivity index (χ4n) is 3.70. The van der Waals surface area contributed by atoms with Crippen LogP contribution in [-0.2, 0) is 25.5 Å². The Morgan fingerprint density at radius 3 is 2.76 bits per heavy atom. The molecule has 2 amide bonds. The molecule has 10 heteroatoms. The van der Waals surface area contributed by atoms with Gasteiger partial charge in [0.15, 0.2) is 0 Å². The van der Waals surface area contributed by atoms with E-state index in [0.29, 0.717) is 56.2 Å². The minimum Gasteiger partial charge on any atom is -0.466 e. The van der Waals surface area contributed by atoms with Crippen molar-refractivity contribution in [2.45, 2.75) is 39.0 Å². The lowest BCUT2D eigenvalue weighted by atomic mass is 9.98. The van der Waals surface area contributed by atoms with E-state index in [4.69, 9.17) is 9.26 Å². The molecular formula is C23H29FN4O5. The van der Waals surface area contributed by atoms with E-state index in [1.54, 1.807) is 31.0 Å². The molecule has 0 saturated carbocycles. The molecule has 0 spiro atoms. The summed E-state index contributed by atoms with van der Waals surface area (Å²) in [5.41, 5.74) is 0.642. The molecule has 1 aliphatic rings. The van der Waals surface area contributed by atoms with Crippen LogP contribution in [0, 0.1) is 11.7 Å². The van der Waals surface area contributed by atoms with Gasteiger partial charge in [0, 0.05) is 38.5 Å². The third kappa shape index (κ3) is 6.84. The van der Waals surface area contributed by atoms with Crippen LogP contribution in [0.2, 0.25) is 0 Å². The van der Waals surface area contributed by atoms with Gasteiger partial charge in [0.05, 0.1) is 19.1 Å². The van der Waals surface area contributed by atoms with Crippen molar-refractivity contribution in [1.82, 2.24) is 19.9 Å². The first-order valence-corrected chi connectivity index (χ1v) is 11.1. The second kappa shape index (κ2) is 11.5. The van der Waals surface area contributed by atoms with Crippen LogP contribution in [0.5, 0.6) is 0 Å². The summed E-state index contributed by atoms with van der Waals surface area (Å²) in [5, 5.41) is 3.88. The van der Waals surface area contributed by atoms with Crippen LogP contribution >= 0.6 is 0 Å². The Kier molecular flexibility index (Phi) is 8.51. The Labute approximate surface area is 191 Å². The van der Waals surface area contributed by atoms with Gasteiger partial charge in [0.25, 0.3) is 0 Å². The molecule has 0 bridgehead atoms. The van der Waals surface area contributed by atoms with Crippen LogP contribution in [0.1, 0.15) is 38.5 Å². The molecule has 1 fully saturated rings. The molecule has 1 unspecified atom stereocenters. The second-order valence-corrected chi connectivity index (χ2v) is 8.05. The minimum absolute atomic E-state index is 0.0380. The van der Waals surface area contributed by atoms with Gasteiger partial charge in [-0.2, -0.15) is 4.98 Å². The van der Waals surface area contributed by atoms with Gasteiger partial charge in [0.1, 0.15) is 5.82 Å². The van der Waals surface area contributed by atoms with Crippen LogP contribution in [0.4, 0.5) is 4.39 Å². The summed E-state index contributed by atoms with van der Waals surface area (Å²) in [5.74, 6) is -0.522. The number of halogens is 1. The third-order valence-corrected chi connectivity index (χ3v) is 5.54. The first-order chi connectivity index (χ1) is 15.9. The van der Waals surface area contributed by atoms with Crippen molar-refractivity contribution < 1.29 is 28.0 Å². The SMILES string of the molecule is CCOC(=O)C1CCCN(C(=O)CN(C)C(=O)CCCc2nc(-c3ccc(F)cc3)no2)C1. The summed E-state index contributed by atoms with van der Waals surface area (Å²) < 4.78 is 23.3. The van der Waals surface area contributed by atoms with Crippen molar-refractivity contribution in [3.05, 3.63) is 36.0 Å². The molecule has 0 N–H and O–H groups in total. The van der Waals surface area contributed by atoms with Gasteiger partial charge in [-0.3, -0.25) is 14.4 Å². The summed E-state index contributed by atoms with van der Waals surface area (Å²) in [6.45, 7) is 2.94. The Morgan fingerprint density at radius 1 is 1.27 bits per heavy atom. The van der Waals surface area contributed by atoms with Crippen molar-refractivity contribution in [2.24, 2.45) is 5.92 Å². The number of ether oxygens (including phenoxy) is 1. The molecule has 0 aliphatic carbocycles. The molecule has 3 rings (SSSR count). The lowest BCUT2D eigenvalue weighted by molar-refractivity contribution is -0.152. The molecule has 1 aromatic heterocycles. The van der Waals surface area contributed by atoms with E-state index < -0.39 is 0 Å². The number of hydrogen-bond donors (Lipinski definition) is 0. The highest BCUT2D eigenvalue weighted by molar-refractivity contribution is 5.85. The predicted octanol–water partition coefficient (Wildman–Crippen LogP) is 2.46. The zero-order valence-corrected chi connectivity index (χ0v) is 19.0. The number of likely N-dealkylation sites (tertiary alicyclic amines) is 1. The van der Waals surface area contributed by atoms with E-state index in [0.717, 1.165) is 6.42 Å². The first kappa shape index (κ1) is 24.3. The maximum Gasteiger partial charge on any atom is 0.310 e. The van der Waals surface area contributed by atoms with Gasteiger partial charge < -0.3 is 19.1 Å². The van der Waals surface area contributed by atoms with Crippen molar-refractivity contribution in [3.8, 4) is 11.4 Å². The topological polar surface area (TPSA) is 106 Å². The predicted molar refractivity (Wildman–Crippen MR) is 116 cm³/mol. The zero-order chi connectivity index (χ0) is 23.8. The van der Waals surface area contributed by atoms with Crippen molar-refractivity contribution in [1.29, 1.82) is 0 Å². The number of esters is 1. The number of hydrogen-bond acceptors (Lipinski definition) is 7. The van der Waals surface area contributed by atoms with E-state index in [2.05, 4.69) is 10.1 Å². The number of amides is 2. The van der Waals surface area contributed by atoms with Gasteiger partial charge in [-0.05, 0) is 50.5 Å². The van der Waals surface area contributed by atoms with Gasteiger partial charge in [0.2, 0.25) is 23.5 Å². The van der Waals surface area contributed by atoms with Gasteiger partial charge >= 0.3 is 5.97 Å². The Hall–Kier alpha value is -3.30. The smallest absolute Gasteiger partial charge is 0.310 e. The summed E-state index contributed by atoms with van der Waals surface area (Å²) in [6, 6.07) is 5.78. The zero-order valence-electron chi connectivity index (χ0n) is 19.0. The number of aromatic nitrogens is 2. The molecule has 1 aliphatic heterocycles. The average Bonchev–Trinajstić information content (AvgIpc) is 3.28. The summed E-state index contributed by atoms with van der Waals surface area (Å²) >= 11 is 0. The van der Waals surface area contributed by atoms with Crippen LogP contribution in [0.25, 0.3) is 11.4 Å². The maximum atomic E-state index is 13.0. The first-order valence-electron chi connectivity index (χ1n) is 11.1. The van der Waals surface area contributed by atoms with Crippen LogP contribution in [0.15, 0.2) is 28.8 Å². The monoisotopic (exact) mass is 460 g/mol. The number of aryl methyl sites for hydroxylation is 1. The Morgan fingerprint density at radius 2 is 2.03 bits per heavy atom. The normalized spacial score (nSPS) is 15.8. The average molecular weight is 461 g/mol. The summed E-state index contributed by atoms with van der Waals surface area (Å²) in [6.07, 6.45) is 2.56. The van der Waals surface area contributed by atoms with E-state index in [1.165, 1.54) is 17.0 Å². The largest absolute Gasteiger partial charge is 0.466 e. The number of carbonyl (C=O) groups excluding carboxylic acids is 3. The fourth-order valence-corrected chi connectivity index (χ4v) is 3.70. The number of nitrogens with zero attached hydrogens (tertiary/aromatic N) is 4. The van der Waals surface area contributed by atoms with E-state index >= 15 is 0 Å². The number of likely N-dealkylation sites (N-methyl/N-ethyl adjacent to an activating group) is 1. The number of piperidine rings is 1. The standard InChI is InChI=1S/C23H29FN4O5/c1-3-32-23(31)17-6-5-13-28(14-17)21(30)15-27(2)20(29)8-4-7-19-25-22(26-33-19)16-9-11-18(24)12-10-16/h9-12,17H,3-8,13-15H2,1-2H3. The summed E-state index contributed by atoms with van der Waals surface area (Å²) in [4.78, 5) is 44.3. The minimum atomic E-state index is -0.345. The van der Waals surface area contributed by atoms with Crippen LogP contribution < -0.4 is 0 Å². The van der Waals surface area contributed by atoms with E-state index in [9.17, 15) is 18.8 Å². The van der Waals surface area contributed by atoms with Crippen LogP contribution in [-0.4, -0.2) is 71.0 Å². The van der Waals surface area contributed by atoms with Crippen molar-refractivity contribution in [3.63, 3.8) is 0 Å². The van der Waals surface area contributed by atoms with Crippen LogP contribution in [0.3, 0.4) is 0 Å². The fraction of sp³-hybridized carbons (Fsp3) is 0.522. The van der Waals surface area contributed by atoms with E-state index in [1.807, 2.05) is 0 Å². The summed E-state index contributed by atoms with van der Waals surface area (Å²) in [7, 11) is 1.59. The van der Waals surface area contributed by atoms with Gasteiger partial charge in [-0.1, -0.05) is 5.16 Å². The number of benzene rings is 1. The Balaban J connectivity index is 1.42.